The Hall–Kier alpha value is -2.94. The van der Waals surface area contributed by atoms with Crippen LogP contribution in [0.3, 0.4) is 0 Å². The number of carbonyl (C=O) groups excluding carboxylic acids is 2. The number of rotatable bonds is 10. The van der Waals surface area contributed by atoms with E-state index in [2.05, 4.69) is 5.32 Å². The minimum atomic E-state index is -3.75. The minimum Gasteiger partial charge on any atom is -0.354 e. The molecule has 2 aromatic carbocycles. The van der Waals surface area contributed by atoms with Crippen LogP contribution in [0.5, 0.6) is 0 Å². The summed E-state index contributed by atoms with van der Waals surface area (Å²) in [5.41, 5.74) is 0.971. The van der Waals surface area contributed by atoms with Crippen LogP contribution in [-0.4, -0.2) is 50.5 Å². The predicted octanol–water partition coefficient (Wildman–Crippen LogP) is 2.54. The van der Waals surface area contributed by atoms with Gasteiger partial charge >= 0.3 is 0 Å². The predicted molar refractivity (Wildman–Crippen MR) is 118 cm³/mol. The zero-order valence-corrected chi connectivity index (χ0v) is 18.7. The van der Waals surface area contributed by atoms with E-state index in [4.69, 9.17) is 0 Å². The number of amides is 2. The molecule has 0 bridgehead atoms. The molecule has 2 aromatic rings. The van der Waals surface area contributed by atoms with Gasteiger partial charge in [0.15, 0.2) is 0 Å². The lowest BCUT2D eigenvalue weighted by atomic mass is 10.1. The second-order valence-electron chi connectivity index (χ2n) is 7.22. The summed E-state index contributed by atoms with van der Waals surface area (Å²) >= 11 is 0. The SMILES string of the molecule is CCCNC(=O)[C@H](C)N(Cc1ccc(F)cc1)C(=O)CN(c1ccccc1)S(C)(=O)=O. The normalized spacial score (nSPS) is 12.1. The van der Waals surface area contributed by atoms with Gasteiger partial charge < -0.3 is 10.2 Å². The fourth-order valence-electron chi connectivity index (χ4n) is 2.97. The van der Waals surface area contributed by atoms with Gasteiger partial charge in [-0.05, 0) is 43.2 Å². The van der Waals surface area contributed by atoms with E-state index in [1.807, 2.05) is 6.92 Å². The maximum Gasteiger partial charge on any atom is 0.244 e. The number of hydrogen-bond donors (Lipinski definition) is 1. The van der Waals surface area contributed by atoms with E-state index >= 15 is 0 Å². The van der Waals surface area contributed by atoms with Gasteiger partial charge in [-0.1, -0.05) is 37.3 Å². The molecule has 0 unspecified atom stereocenters. The summed E-state index contributed by atoms with van der Waals surface area (Å²) in [6.45, 7) is 3.53. The summed E-state index contributed by atoms with van der Waals surface area (Å²) in [5.74, 6) is -1.30. The van der Waals surface area contributed by atoms with Gasteiger partial charge in [-0.3, -0.25) is 13.9 Å². The molecule has 7 nitrogen and oxygen atoms in total. The Labute approximate surface area is 182 Å². The van der Waals surface area contributed by atoms with Crippen molar-refractivity contribution in [2.24, 2.45) is 0 Å². The zero-order valence-electron chi connectivity index (χ0n) is 17.9. The van der Waals surface area contributed by atoms with Crippen LogP contribution in [0.2, 0.25) is 0 Å². The summed E-state index contributed by atoms with van der Waals surface area (Å²) in [5, 5.41) is 2.75. The van der Waals surface area contributed by atoms with Gasteiger partial charge in [-0.25, -0.2) is 12.8 Å². The molecular weight excluding hydrogens is 421 g/mol. The van der Waals surface area contributed by atoms with Crippen LogP contribution < -0.4 is 9.62 Å². The van der Waals surface area contributed by atoms with E-state index in [9.17, 15) is 22.4 Å². The molecule has 0 aliphatic rings. The number of nitrogens with one attached hydrogen (secondary N) is 1. The van der Waals surface area contributed by atoms with Crippen molar-refractivity contribution in [1.82, 2.24) is 10.2 Å². The Balaban J connectivity index is 2.32. The third kappa shape index (κ3) is 7.06. The molecule has 0 saturated carbocycles. The summed E-state index contributed by atoms with van der Waals surface area (Å²) in [6.07, 6.45) is 1.76. The number of para-hydroxylation sites is 1. The van der Waals surface area contributed by atoms with Crippen molar-refractivity contribution >= 4 is 27.5 Å². The molecule has 0 heterocycles. The smallest absolute Gasteiger partial charge is 0.244 e. The molecule has 0 radical (unpaired) electrons. The molecule has 2 amide bonds. The number of nitrogens with zero attached hydrogens (tertiary/aromatic N) is 2. The number of halogens is 1. The van der Waals surface area contributed by atoms with E-state index in [-0.39, 0.29) is 12.5 Å². The highest BCUT2D eigenvalue weighted by molar-refractivity contribution is 7.92. The van der Waals surface area contributed by atoms with Gasteiger partial charge in [-0.2, -0.15) is 0 Å². The summed E-state index contributed by atoms with van der Waals surface area (Å²) in [7, 11) is -3.75. The Kier molecular flexibility index (Phi) is 8.56. The Bertz CT molecular complexity index is 982. The molecule has 31 heavy (non-hydrogen) atoms. The largest absolute Gasteiger partial charge is 0.354 e. The van der Waals surface area contributed by atoms with Crippen LogP contribution in [-0.2, 0) is 26.2 Å². The van der Waals surface area contributed by atoms with Crippen LogP contribution in [0.15, 0.2) is 54.6 Å². The van der Waals surface area contributed by atoms with Crippen LogP contribution >= 0.6 is 0 Å². The third-order valence-corrected chi connectivity index (χ3v) is 5.85. The standard InChI is InChI=1S/C22H28FN3O4S/c1-4-14-24-22(28)17(2)25(15-18-10-12-19(23)13-11-18)21(27)16-26(31(3,29)30)20-8-6-5-7-9-20/h5-13,17H,4,14-16H2,1-3H3,(H,24,28)/t17-/m0/s1. The van der Waals surface area contributed by atoms with Crippen molar-refractivity contribution in [2.75, 3.05) is 23.7 Å². The van der Waals surface area contributed by atoms with Crippen LogP contribution in [0.25, 0.3) is 0 Å². The monoisotopic (exact) mass is 449 g/mol. The first kappa shape index (κ1) is 24.3. The molecule has 1 N–H and O–H groups in total. The van der Waals surface area contributed by atoms with Crippen LogP contribution in [0, 0.1) is 5.82 Å². The molecule has 0 aromatic heterocycles. The van der Waals surface area contributed by atoms with Gasteiger partial charge in [0.2, 0.25) is 21.8 Å². The van der Waals surface area contributed by atoms with E-state index in [0.29, 0.717) is 17.8 Å². The first-order valence-electron chi connectivity index (χ1n) is 9.98. The van der Waals surface area contributed by atoms with Gasteiger partial charge in [0, 0.05) is 13.1 Å². The number of anilines is 1. The first-order valence-corrected chi connectivity index (χ1v) is 11.8. The van der Waals surface area contributed by atoms with Crippen LogP contribution in [0.1, 0.15) is 25.8 Å². The molecule has 0 fully saturated rings. The molecule has 2 rings (SSSR count). The quantitative estimate of drug-likeness (QED) is 0.604. The third-order valence-electron chi connectivity index (χ3n) is 4.71. The van der Waals surface area contributed by atoms with E-state index in [1.54, 1.807) is 37.3 Å². The number of hydrogen-bond acceptors (Lipinski definition) is 4. The topological polar surface area (TPSA) is 86.8 Å². The molecular formula is C22H28FN3O4S. The second-order valence-corrected chi connectivity index (χ2v) is 9.13. The van der Waals surface area contributed by atoms with Gasteiger partial charge in [0.1, 0.15) is 18.4 Å². The van der Waals surface area contributed by atoms with E-state index in [1.165, 1.54) is 29.2 Å². The lowest BCUT2D eigenvalue weighted by molar-refractivity contribution is -0.139. The lowest BCUT2D eigenvalue weighted by Gasteiger charge is -2.31. The second kappa shape index (κ2) is 10.9. The lowest BCUT2D eigenvalue weighted by Crippen LogP contribution is -2.51. The Morgan fingerprint density at radius 1 is 1.06 bits per heavy atom. The Morgan fingerprint density at radius 2 is 1.68 bits per heavy atom. The molecule has 0 spiro atoms. The molecule has 0 saturated heterocycles. The van der Waals surface area contributed by atoms with Crippen molar-refractivity contribution in [3.8, 4) is 0 Å². The van der Waals surface area contributed by atoms with Gasteiger partial charge in [-0.15, -0.1) is 0 Å². The Morgan fingerprint density at radius 3 is 2.23 bits per heavy atom. The molecule has 9 heteroatoms. The maximum absolute atomic E-state index is 13.3. The highest BCUT2D eigenvalue weighted by atomic mass is 32.2. The van der Waals surface area contributed by atoms with Crippen molar-refractivity contribution in [2.45, 2.75) is 32.9 Å². The fourth-order valence-corrected chi connectivity index (χ4v) is 3.82. The van der Waals surface area contributed by atoms with E-state index < -0.39 is 34.3 Å². The highest BCUT2D eigenvalue weighted by Gasteiger charge is 2.29. The molecule has 168 valence electrons. The van der Waals surface area contributed by atoms with E-state index in [0.717, 1.165) is 17.0 Å². The van der Waals surface area contributed by atoms with Crippen molar-refractivity contribution in [3.05, 3.63) is 66.0 Å². The maximum atomic E-state index is 13.3. The average Bonchev–Trinajstić information content (AvgIpc) is 2.74. The van der Waals surface area contributed by atoms with Gasteiger partial charge in [0.25, 0.3) is 0 Å². The highest BCUT2D eigenvalue weighted by Crippen LogP contribution is 2.18. The van der Waals surface area contributed by atoms with Crippen molar-refractivity contribution in [1.29, 1.82) is 0 Å². The molecule has 0 aliphatic carbocycles. The average molecular weight is 450 g/mol. The first-order chi connectivity index (χ1) is 14.6. The molecule has 0 aliphatic heterocycles. The van der Waals surface area contributed by atoms with Crippen LogP contribution in [0.4, 0.5) is 10.1 Å². The fraction of sp³-hybridized carbons (Fsp3) is 0.364. The van der Waals surface area contributed by atoms with Crippen molar-refractivity contribution in [3.63, 3.8) is 0 Å². The number of sulfonamides is 1. The van der Waals surface area contributed by atoms with Gasteiger partial charge in [0.05, 0.1) is 11.9 Å². The number of carbonyl (C=O) groups is 2. The van der Waals surface area contributed by atoms with Crippen molar-refractivity contribution < 1.29 is 22.4 Å². The minimum absolute atomic E-state index is 0.0339. The summed E-state index contributed by atoms with van der Waals surface area (Å²) in [4.78, 5) is 27.1. The number of benzene rings is 2. The molecule has 1 atom stereocenters. The zero-order chi connectivity index (χ0) is 23.0. The summed E-state index contributed by atoms with van der Waals surface area (Å²) < 4.78 is 39.0. The summed E-state index contributed by atoms with van der Waals surface area (Å²) in [6, 6.07) is 13.0.